The van der Waals surface area contributed by atoms with Crippen LogP contribution < -0.4 is 0 Å². The maximum absolute atomic E-state index is 9.88. The molecule has 0 spiro atoms. The second kappa shape index (κ2) is 4.99. The van der Waals surface area contributed by atoms with E-state index in [0.29, 0.717) is 11.8 Å². The van der Waals surface area contributed by atoms with Crippen molar-refractivity contribution in [2.75, 3.05) is 0 Å². The maximum Gasteiger partial charge on any atom is 0.0571 e. The Labute approximate surface area is 82.5 Å². The van der Waals surface area contributed by atoms with E-state index in [0.717, 1.165) is 12.3 Å². The number of hydrogen-bond donors (Lipinski definition) is 1. The molecule has 1 N–H and O–H groups in total. The van der Waals surface area contributed by atoms with Crippen LogP contribution in [0.4, 0.5) is 0 Å². The molecule has 4 unspecified atom stereocenters. The van der Waals surface area contributed by atoms with Crippen LogP contribution >= 0.6 is 0 Å². The Balaban J connectivity index is 2.47. The molecule has 1 fully saturated rings. The first-order valence-corrected chi connectivity index (χ1v) is 5.84. The Kier molecular flexibility index (Phi) is 4.24. The number of rotatable bonds is 3. The third kappa shape index (κ3) is 2.70. The molecule has 0 aromatic carbocycles. The third-order valence-corrected chi connectivity index (χ3v) is 4.00. The van der Waals surface area contributed by atoms with Gasteiger partial charge in [-0.1, -0.05) is 40.0 Å². The Morgan fingerprint density at radius 1 is 1.23 bits per heavy atom. The standard InChI is InChI=1S/C12H24O/c1-4-9(2)10(3)11-7-5-6-8-12(11)13/h9-13H,4-8H2,1-3H3. The van der Waals surface area contributed by atoms with Crippen molar-refractivity contribution >= 4 is 0 Å². The average Bonchev–Trinajstić information content (AvgIpc) is 2.16. The molecule has 1 saturated carbocycles. The van der Waals surface area contributed by atoms with E-state index in [9.17, 15) is 5.11 Å². The van der Waals surface area contributed by atoms with Crippen LogP contribution in [0.25, 0.3) is 0 Å². The molecule has 0 amide bonds. The van der Waals surface area contributed by atoms with Gasteiger partial charge in [-0.3, -0.25) is 0 Å². The Hall–Kier alpha value is -0.0400. The van der Waals surface area contributed by atoms with Gasteiger partial charge in [-0.05, 0) is 30.6 Å². The summed E-state index contributed by atoms with van der Waals surface area (Å²) >= 11 is 0. The summed E-state index contributed by atoms with van der Waals surface area (Å²) in [5, 5.41) is 9.88. The topological polar surface area (TPSA) is 20.2 Å². The lowest BCUT2D eigenvalue weighted by molar-refractivity contribution is 0.0260. The Morgan fingerprint density at radius 3 is 2.38 bits per heavy atom. The Morgan fingerprint density at radius 2 is 1.85 bits per heavy atom. The lowest BCUT2D eigenvalue weighted by Crippen LogP contribution is -2.32. The average molecular weight is 184 g/mol. The predicted octanol–water partition coefficient (Wildman–Crippen LogP) is 3.22. The molecule has 4 atom stereocenters. The summed E-state index contributed by atoms with van der Waals surface area (Å²) in [4.78, 5) is 0. The van der Waals surface area contributed by atoms with Crippen LogP contribution in [0.1, 0.15) is 52.9 Å². The highest BCUT2D eigenvalue weighted by molar-refractivity contribution is 4.80. The van der Waals surface area contributed by atoms with E-state index in [1.807, 2.05) is 0 Å². The van der Waals surface area contributed by atoms with E-state index < -0.39 is 0 Å². The highest BCUT2D eigenvalue weighted by Crippen LogP contribution is 2.34. The van der Waals surface area contributed by atoms with Crippen molar-refractivity contribution < 1.29 is 5.11 Å². The van der Waals surface area contributed by atoms with Crippen molar-refractivity contribution in [3.05, 3.63) is 0 Å². The molecule has 0 aromatic rings. The van der Waals surface area contributed by atoms with E-state index in [4.69, 9.17) is 0 Å². The fourth-order valence-corrected chi connectivity index (χ4v) is 2.55. The number of aliphatic hydroxyl groups excluding tert-OH is 1. The molecular formula is C12H24O. The zero-order valence-electron chi connectivity index (χ0n) is 9.29. The van der Waals surface area contributed by atoms with Crippen molar-refractivity contribution in [2.45, 2.75) is 59.0 Å². The monoisotopic (exact) mass is 184 g/mol. The third-order valence-electron chi connectivity index (χ3n) is 4.00. The van der Waals surface area contributed by atoms with Crippen LogP contribution in [-0.2, 0) is 0 Å². The van der Waals surface area contributed by atoms with Crippen molar-refractivity contribution in [3.63, 3.8) is 0 Å². The highest BCUT2D eigenvalue weighted by atomic mass is 16.3. The summed E-state index contributed by atoms with van der Waals surface area (Å²) in [5.74, 6) is 2.03. The van der Waals surface area contributed by atoms with E-state index in [1.165, 1.54) is 25.7 Å². The molecule has 1 aliphatic carbocycles. The smallest absolute Gasteiger partial charge is 0.0571 e. The largest absolute Gasteiger partial charge is 0.393 e. The lowest BCUT2D eigenvalue weighted by Gasteiger charge is -2.35. The van der Waals surface area contributed by atoms with Gasteiger partial charge in [0.25, 0.3) is 0 Å². The molecule has 0 saturated heterocycles. The molecule has 0 aliphatic heterocycles. The minimum Gasteiger partial charge on any atom is -0.393 e. The molecule has 0 aromatic heterocycles. The van der Waals surface area contributed by atoms with Gasteiger partial charge in [-0.2, -0.15) is 0 Å². The van der Waals surface area contributed by atoms with E-state index in [-0.39, 0.29) is 6.10 Å². The molecular weight excluding hydrogens is 160 g/mol. The SMILES string of the molecule is CCC(C)C(C)C1CCCCC1O. The number of hydrogen-bond acceptors (Lipinski definition) is 1. The molecule has 13 heavy (non-hydrogen) atoms. The van der Waals surface area contributed by atoms with E-state index in [1.54, 1.807) is 0 Å². The van der Waals surface area contributed by atoms with Gasteiger partial charge >= 0.3 is 0 Å². The molecule has 1 nitrogen and oxygen atoms in total. The van der Waals surface area contributed by atoms with Gasteiger partial charge in [0.05, 0.1) is 6.10 Å². The van der Waals surface area contributed by atoms with Crippen LogP contribution in [-0.4, -0.2) is 11.2 Å². The van der Waals surface area contributed by atoms with Gasteiger partial charge < -0.3 is 5.11 Å². The minimum absolute atomic E-state index is 0.0160. The zero-order valence-corrected chi connectivity index (χ0v) is 9.29. The normalized spacial score (nSPS) is 34.2. The van der Waals surface area contributed by atoms with Crippen molar-refractivity contribution in [3.8, 4) is 0 Å². The first-order chi connectivity index (χ1) is 6.16. The van der Waals surface area contributed by atoms with Crippen molar-refractivity contribution in [1.82, 2.24) is 0 Å². The van der Waals surface area contributed by atoms with Gasteiger partial charge in [0.1, 0.15) is 0 Å². The molecule has 1 aliphatic rings. The summed E-state index contributed by atoms with van der Waals surface area (Å²) in [6.07, 6.45) is 6.05. The quantitative estimate of drug-likeness (QED) is 0.714. The predicted molar refractivity (Wildman–Crippen MR) is 56.6 cm³/mol. The van der Waals surface area contributed by atoms with Crippen molar-refractivity contribution in [2.24, 2.45) is 17.8 Å². The van der Waals surface area contributed by atoms with Crippen LogP contribution in [0, 0.1) is 17.8 Å². The highest BCUT2D eigenvalue weighted by Gasteiger charge is 2.29. The molecule has 1 rings (SSSR count). The second-order valence-electron chi connectivity index (χ2n) is 4.76. The van der Waals surface area contributed by atoms with Gasteiger partial charge in [-0.25, -0.2) is 0 Å². The van der Waals surface area contributed by atoms with Gasteiger partial charge in [0, 0.05) is 0 Å². The molecule has 0 bridgehead atoms. The summed E-state index contributed by atoms with van der Waals surface area (Å²) in [6, 6.07) is 0. The van der Waals surface area contributed by atoms with Crippen molar-refractivity contribution in [1.29, 1.82) is 0 Å². The molecule has 0 radical (unpaired) electrons. The summed E-state index contributed by atoms with van der Waals surface area (Å²) in [7, 11) is 0. The fraction of sp³-hybridized carbons (Fsp3) is 1.00. The summed E-state index contributed by atoms with van der Waals surface area (Å²) < 4.78 is 0. The van der Waals surface area contributed by atoms with Crippen LogP contribution in [0.3, 0.4) is 0 Å². The number of aliphatic hydroxyl groups is 1. The first-order valence-electron chi connectivity index (χ1n) is 5.84. The maximum atomic E-state index is 9.88. The van der Waals surface area contributed by atoms with E-state index >= 15 is 0 Å². The minimum atomic E-state index is -0.0160. The van der Waals surface area contributed by atoms with Gasteiger partial charge in [0.2, 0.25) is 0 Å². The van der Waals surface area contributed by atoms with Gasteiger partial charge in [-0.15, -0.1) is 0 Å². The summed E-state index contributed by atoms with van der Waals surface area (Å²) in [6.45, 7) is 6.87. The fourth-order valence-electron chi connectivity index (χ4n) is 2.55. The second-order valence-corrected chi connectivity index (χ2v) is 4.76. The Bertz CT molecular complexity index is 144. The van der Waals surface area contributed by atoms with Crippen LogP contribution in [0.15, 0.2) is 0 Å². The molecule has 0 heterocycles. The first kappa shape index (κ1) is 11.0. The molecule has 78 valence electrons. The van der Waals surface area contributed by atoms with Crippen LogP contribution in [0.5, 0.6) is 0 Å². The summed E-state index contributed by atoms with van der Waals surface area (Å²) in [5.41, 5.74) is 0. The lowest BCUT2D eigenvalue weighted by atomic mass is 9.73. The van der Waals surface area contributed by atoms with E-state index in [2.05, 4.69) is 20.8 Å². The molecule has 1 heteroatoms. The zero-order chi connectivity index (χ0) is 9.84. The van der Waals surface area contributed by atoms with Gasteiger partial charge in [0.15, 0.2) is 0 Å². The van der Waals surface area contributed by atoms with Crippen LogP contribution in [0.2, 0.25) is 0 Å².